The van der Waals surface area contributed by atoms with Crippen molar-refractivity contribution in [2.24, 2.45) is 0 Å². The van der Waals surface area contributed by atoms with Crippen LogP contribution in [0.15, 0.2) is 30.3 Å². The maximum Gasteiger partial charge on any atom is 0.252 e. The molecule has 1 unspecified atom stereocenters. The van der Waals surface area contributed by atoms with E-state index in [1.807, 2.05) is 65.0 Å². The maximum atomic E-state index is 13.0. The number of nitrogen functional groups attached to an aromatic ring is 1. The van der Waals surface area contributed by atoms with Crippen LogP contribution in [0.3, 0.4) is 0 Å². The summed E-state index contributed by atoms with van der Waals surface area (Å²) in [6.45, 7) is 10.1. The van der Waals surface area contributed by atoms with Crippen molar-refractivity contribution < 1.29 is 9.53 Å². The molecule has 0 aromatic heterocycles. The zero-order valence-corrected chi connectivity index (χ0v) is 16.8. The van der Waals surface area contributed by atoms with E-state index in [2.05, 4.69) is 5.32 Å². The number of amides is 1. The molecular weight excluding hydrogens is 348 g/mol. The molecule has 26 heavy (non-hydrogen) atoms. The Labute approximate surface area is 161 Å². The van der Waals surface area contributed by atoms with Gasteiger partial charge in [-0.2, -0.15) is 0 Å². The number of nitrogens with one attached hydrogen (secondary N) is 1. The first-order chi connectivity index (χ1) is 11.7. The summed E-state index contributed by atoms with van der Waals surface area (Å²) in [7, 11) is 0. The van der Waals surface area contributed by atoms with Gasteiger partial charge in [-0.15, -0.1) is 12.4 Å². The van der Waals surface area contributed by atoms with Gasteiger partial charge in [-0.25, -0.2) is 0 Å². The van der Waals surface area contributed by atoms with Gasteiger partial charge in [0, 0.05) is 23.2 Å². The van der Waals surface area contributed by atoms with Gasteiger partial charge in [-0.1, -0.05) is 17.7 Å². The third-order valence-electron chi connectivity index (χ3n) is 4.70. The lowest BCUT2D eigenvalue weighted by Gasteiger charge is -2.38. The fourth-order valence-electron chi connectivity index (χ4n) is 3.77. The van der Waals surface area contributed by atoms with Crippen molar-refractivity contribution in [3.63, 3.8) is 0 Å². The van der Waals surface area contributed by atoms with E-state index < -0.39 is 0 Å². The molecule has 1 atom stereocenters. The Bertz CT molecular complexity index is 823. The maximum absolute atomic E-state index is 13.0. The van der Waals surface area contributed by atoms with Crippen LogP contribution in [0.4, 0.5) is 5.69 Å². The van der Waals surface area contributed by atoms with Gasteiger partial charge in [0.1, 0.15) is 11.4 Å². The molecule has 4 nitrogen and oxygen atoms in total. The summed E-state index contributed by atoms with van der Waals surface area (Å²) in [6, 6.07) is 9.56. The second kappa shape index (κ2) is 7.20. The minimum absolute atomic E-state index is 0. The number of halogens is 1. The third-order valence-corrected chi connectivity index (χ3v) is 4.70. The standard InChI is InChI=1S/C21H26N2O2.ClH/c1-12-8-13(2)19(14(3)9-12)20(24)23-17-11-21(4,5)25-18-7-6-15(22)10-16(17)18;/h6-10,17H,11,22H2,1-5H3,(H,23,24);1H. The van der Waals surface area contributed by atoms with Crippen LogP contribution in [-0.4, -0.2) is 11.5 Å². The summed E-state index contributed by atoms with van der Waals surface area (Å²) < 4.78 is 6.05. The summed E-state index contributed by atoms with van der Waals surface area (Å²) in [5.74, 6) is 0.735. The smallest absolute Gasteiger partial charge is 0.252 e. The van der Waals surface area contributed by atoms with Crippen molar-refractivity contribution in [3.05, 3.63) is 58.1 Å². The van der Waals surface area contributed by atoms with E-state index in [1.54, 1.807) is 0 Å². The lowest BCUT2D eigenvalue weighted by molar-refractivity contribution is 0.0620. The number of hydrogen-bond donors (Lipinski definition) is 2. The van der Waals surface area contributed by atoms with E-state index in [1.165, 1.54) is 0 Å². The summed E-state index contributed by atoms with van der Waals surface area (Å²) in [5, 5.41) is 3.20. The fourth-order valence-corrected chi connectivity index (χ4v) is 3.77. The first-order valence-electron chi connectivity index (χ1n) is 8.63. The molecule has 3 N–H and O–H groups in total. The molecule has 1 heterocycles. The van der Waals surface area contributed by atoms with Gasteiger partial charge < -0.3 is 15.8 Å². The third kappa shape index (κ3) is 3.96. The fraction of sp³-hybridized carbons (Fsp3) is 0.381. The number of carbonyl (C=O) groups excluding carboxylic acids is 1. The van der Waals surface area contributed by atoms with Gasteiger partial charge in [-0.3, -0.25) is 4.79 Å². The predicted octanol–water partition coefficient (Wildman–Crippen LogP) is 4.65. The molecule has 1 amide bonds. The van der Waals surface area contributed by atoms with Gasteiger partial charge in [0.2, 0.25) is 0 Å². The molecule has 0 radical (unpaired) electrons. The van der Waals surface area contributed by atoms with Crippen LogP contribution in [0.1, 0.15) is 58.9 Å². The van der Waals surface area contributed by atoms with Crippen molar-refractivity contribution in [2.45, 2.75) is 52.7 Å². The molecule has 0 bridgehead atoms. The molecule has 0 saturated carbocycles. The average Bonchev–Trinajstić information content (AvgIpc) is 2.46. The summed E-state index contributed by atoms with van der Waals surface area (Å²) in [5.41, 5.74) is 11.1. The number of benzene rings is 2. The summed E-state index contributed by atoms with van der Waals surface area (Å²) in [4.78, 5) is 13.0. The van der Waals surface area contributed by atoms with Crippen molar-refractivity contribution in [2.75, 3.05) is 5.73 Å². The minimum atomic E-state index is -0.349. The molecule has 0 fully saturated rings. The number of fused-ring (bicyclic) bond motifs is 1. The number of ether oxygens (including phenoxy) is 1. The van der Waals surface area contributed by atoms with Gasteiger partial charge in [0.15, 0.2) is 0 Å². The van der Waals surface area contributed by atoms with E-state index in [0.29, 0.717) is 12.1 Å². The molecule has 5 heteroatoms. The van der Waals surface area contributed by atoms with Gasteiger partial charge in [-0.05, 0) is 63.9 Å². The highest BCUT2D eigenvalue weighted by molar-refractivity contribution is 5.97. The zero-order chi connectivity index (χ0) is 18.4. The first-order valence-corrected chi connectivity index (χ1v) is 8.63. The molecule has 1 aliphatic rings. The van der Waals surface area contributed by atoms with Crippen LogP contribution in [0.5, 0.6) is 5.75 Å². The van der Waals surface area contributed by atoms with E-state index in [-0.39, 0.29) is 30.0 Å². The van der Waals surface area contributed by atoms with Crippen LogP contribution in [0.2, 0.25) is 0 Å². The highest BCUT2D eigenvalue weighted by Crippen LogP contribution is 2.40. The van der Waals surface area contributed by atoms with Crippen LogP contribution in [0.25, 0.3) is 0 Å². The van der Waals surface area contributed by atoms with Crippen LogP contribution in [0, 0.1) is 20.8 Å². The Morgan fingerprint density at radius 2 is 1.77 bits per heavy atom. The lowest BCUT2D eigenvalue weighted by atomic mass is 9.89. The van der Waals surface area contributed by atoms with Crippen LogP contribution < -0.4 is 15.8 Å². The second-order valence-electron chi connectivity index (χ2n) is 7.66. The van der Waals surface area contributed by atoms with E-state index in [0.717, 1.165) is 33.6 Å². The second-order valence-corrected chi connectivity index (χ2v) is 7.66. The molecule has 0 spiro atoms. The normalized spacial score (nSPS) is 17.5. The van der Waals surface area contributed by atoms with Crippen molar-refractivity contribution >= 4 is 24.0 Å². The number of aryl methyl sites for hydroxylation is 3. The molecule has 2 aromatic rings. The van der Waals surface area contributed by atoms with E-state index in [4.69, 9.17) is 10.5 Å². The monoisotopic (exact) mass is 374 g/mol. The van der Waals surface area contributed by atoms with Gasteiger partial charge >= 0.3 is 0 Å². The summed E-state index contributed by atoms with van der Waals surface area (Å²) in [6.07, 6.45) is 0.694. The van der Waals surface area contributed by atoms with Crippen molar-refractivity contribution in [1.29, 1.82) is 0 Å². The topological polar surface area (TPSA) is 64.3 Å². The molecular formula is C21H27ClN2O2. The van der Waals surface area contributed by atoms with Crippen LogP contribution >= 0.6 is 12.4 Å². The largest absolute Gasteiger partial charge is 0.487 e. The van der Waals surface area contributed by atoms with Gasteiger partial charge in [0.25, 0.3) is 5.91 Å². The Kier molecular flexibility index (Phi) is 5.57. The Morgan fingerprint density at radius 1 is 1.15 bits per heavy atom. The molecule has 140 valence electrons. The number of carbonyl (C=O) groups is 1. The highest BCUT2D eigenvalue weighted by Gasteiger charge is 2.35. The minimum Gasteiger partial charge on any atom is -0.487 e. The first kappa shape index (κ1) is 20.1. The predicted molar refractivity (Wildman–Crippen MR) is 108 cm³/mol. The van der Waals surface area contributed by atoms with E-state index in [9.17, 15) is 4.79 Å². The summed E-state index contributed by atoms with van der Waals surface area (Å²) >= 11 is 0. The van der Waals surface area contributed by atoms with Gasteiger partial charge in [0.05, 0.1) is 6.04 Å². The lowest BCUT2D eigenvalue weighted by Crippen LogP contribution is -2.41. The Morgan fingerprint density at radius 3 is 2.38 bits per heavy atom. The highest BCUT2D eigenvalue weighted by atomic mass is 35.5. The van der Waals surface area contributed by atoms with Crippen LogP contribution in [-0.2, 0) is 0 Å². The molecule has 0 saturated heterocycles. The quantitative estimate of drug-likeness (QED) is 0.752. The van der Waals surface area contributed by atoms with Crippen molar-refractivity contribution in [1.82, 2.24) is 5.32 Å². The average molecular weight is 375 g/mol. The number of hydrogen-bond acceptors (Lipinski definition) is 3. The molecule has 3 rings (SSSR count). The number of rotatable bonds is 2. The molecule has 2 aromatic carbocycles. The zero-order valence-electron chi connectivity index (χ0n) is 16.0. The number of anilines is 1. The number of nitrogens with two attached hydrogens (primary N) is 1. The molecule has 0 aliphatic carbocycles. The van der Waals surface area contributed by atoms with E-state index >= 15 is 0 Å². The SMILES string of the molecule is Cc1cc(C)c(C(=O)NC2CC(C)(C)Oc3ccc(N)cc32)c(C)c1.Cl. The Balaban J connectivity index is 0.00000243. The molecule has 1 aliphatic heterocycles. The van der Waals surface area contributed by atoms with Crippen molar-refractivity contribution in [3.8, 4) is 5.75 Å². The Hall–Kier alpha value is -2.20.